The lowest BCUT2D eigenvalue weighted by Gasteiger charge is -2.04. The molecular weight excluding hydrogens is 295 g/mol. The van der Waals surface area contributed by atoms with E-state index in [4.69, 9.17) is 5.73 Å². The van der Waals surface area contributed by atoms with E-state index in [1.807, 2.05) is 0 Å². The number of hydrogen-bond acceptors (Lipinski definition) is 5. The highest BCUT2D eigenvalue weighted by Gasteiger charge is 2.09. The van der Waals surface area contributed by atoms with Crippen LogP contribution in [0, 0.1) is 5.82 Å². The molecule has 0 atom stereocenters. The number of nitrogens with zero attached hydrogens (tertiary/aromatic N) is 3. The summed E-state index contributed by atoms with van der Waals surface area (Å²) in [5.74, 6) is 0.450. The minimum Gasteiger partial charge on any atom is -0.507 e. The van der Waals surface area contributed by atoms with E-state index < -0.39 is 0 Å². The Hall–Kier alpha value is -3.28. The van der Waals surface area contributed by atoms with Crippen LogP contribution in [0.4, 0.5) is 10.3 Å². The van der Waals surface area contributed by atoms with Gasteiger partial charge in [0.2, 0.25) is 5.95 Å². The van der Waals surface area contributed by atoms with Crippen molar-refractivity contribution in [3.05, 3.63) is 65.7 Å². The van der Waals surface area contributed by atoms with Crippen LogP contribution in [0.3, 0.4) is 0 Å². The molecule has 0 aliphatic heterocycles. The fraction of sp³-hybridized carbons (Fsp3) is 0. The van der Waals surface area contributed by atoms with Crippen LogP contribution in [0.1, 0.15) is 11.4 Å². The van der Waals surface area contributed by atoms with Crippen LogP contribution < -0.4 is 5.73 Å². The number of benzene rings is 2. The van der Waals surface area contributed by atoms with Gasteiger partial charge in [0.1, 0.15) is 11.6 Å². The molecule has 0 bridgehead atoms. The van der Waals surface area contributed by atoms with E-state index in [1.165, 1.54) is 12.1 Å². The molecule has 1 heterocycles. The third-order valence-corrected chi connectivity index (χ3v) is 3.11. The number of para-hydroxylation sites is 1. The van der Waals surface area contributed by atoms with Gasteiger partial charge in [-0.05, 0) is 35.9 Å². The first-order valence-corrected chi connectivity index (χ1v) is 6.85. The quantitative estimate of drug-likeness (QED) is 0.776. The lowest BCUT2D eigenvalue weighted by molar-refractivity contribution is 0.477. The molecule has 5 nitrogen and oxygen atoms in total. The summed E-state index contributed by atoms with van der Waals surface area (Å²) in [4.78, 5) is 12.4. The highest BCUT2D eigenvalue weighted by molar-refractivity contribution is 5.69. The van der Waals surface area contributed by atoms with E-state index in [-0.39, 0.29) is 23.3 Å². The highest BCUT2D eigenvalue weighted by atomic mass is 19.1. The first-order chi connectivity index (χ1) is 11.1. The van der Waals surface area contributed by atoms with Gasteiger partial charge in [-0.15, -0.1) is 0 Å². The van der Waals surface area contributed by atoms with Crippen LogP contribution in [0.15, 0.2) is 48.5 Å². The van der Waals surface area contributed by atoms with Gasteiger partial charge >= 0.3 is 0 Å². The fourth-order valence-corrected chi connectivity index (χ4v) is 2.01. The summed E-state index contributed by atoms with van der Waals surface area (Å²) in [6.45, 7) is 0. The SMILES string of the molecule is Nc1nc(/C=C/c2ccc(F)cc2)nc(-c2ccccc2O)n1. The Bertz CT molecular complexity index is 863. The summed E-state index contributed by atoms with van der Waals surface area (Å²) in [6.07, 6.45) is 3.39. The van der Waals surface area contributed by atoms with E-state index in [0.29, 0.717) is 11.4 Å². The predicted octanol–water partition coefficient (Wildman–Crippen LogP) is 3.14. The molecule has 3 aromatic rings. The maximum absolute atomic E-state index is 12.9. The molecule has 1 aromatic heterocycles. The Morgan fingerprint density at radius 3 is 2.39 bits per heavy atom. The fourth-order valence-electron chi connectivity index (χ4n) is 2.01. The molecule has 0 saturated carbocycles. The van der Waals surface area contributed by atoms with Gasteiger partial charge in [0, 0.05) is 0 Å². The molecule has 0 aliphatic rings. The molecule has 0 spiro atoms. The molecule has 3 N–H and O–H groups in total. The number of nitrogen functional groups attached to an aromatic ring is 1. The summed E-state index contributed by atoms with van der Waals surface area (Å²) in [7, 11) is 0. The molecule has 23 heavy (non-hydrogen) atoms. The van der Waals surface area contributed by atoms with Crippen LogP contribution in [0.25, 0.3) is 23.5 Å². The number of phenols is 1. The van der Waals surface area contributed by atoms with Crippen molar-refractivity contribution in [2.75, 3.05) is 5.73 Å². The second kappa shape index (κ2) is 6.23. The standard InChI is InChI=1S/C17H13FN4O/c18-12-8-5-11(6-9-12)7-10-15-20-16(22-17(19)21-15)13-3-1-2-4-14(13)23/h1-10,23H,(H2,19,20,21,22)/b10-7+. The van der Waals surface area contributed by atoms with Gasteiger partial charge in [-0.25, -0.2) is 9.37 Å². The maximum atomic E-state index is 12.9. The first-order valence-electron chi connectivity index (χ1n) is 6.85. The molecule has 3 rings (SSSR count). The number of rotatable bonds is 3. The maximum Gasteiger partial charge on any atom is 0.224 e. The van der Waals surface area contributed by atoms with E-state index in [9.17, 15) is 9.50 Å². The van der Waals surface area contributed by atoms with Gasteiger partial charge in [0.25, 0.3) is 0 Å². The molecule has 114 valence electrons. The van der Waals surface area contributed by atoms with Crippen LogP contribution in [0.5, 0.6) is 5.75 Å². The van der Waals surface area contributed by atoms with E-state index in [2.05, 4.69) is 15.0 Å². The van der Waals surface area contributed by atoms with Crippen LogP contribution in [-0.4, -0.2) is 20.1 Å². The minimum absolute atomic E-state index is 0.0528. The number of anilines is 1. The minimum atomic E-state index is -0.298. The third kappa shape index (κ3) is 3.49. The largest absolute Gasteiger partial charge is 0.507 e. The van der Waals surface area contributed by atoms with Crippen molar-refractivity contribution in [2.24, 2.45) is 0 Å². The first kappa shape index (κ1) is 14.6. The van der Waals surface area contributed by atoms with Crippen LogP contribution in [0.2, 0.25) is 0 Å². The van der Waals surface area contributed by atoms with Crippen molar-refractivity contribution >= 4 is 18.1 Å². The second-order valence-corrected chi connectivity index (χ2v) is 4.78. The Morgan fingerprint density at radius 1 is 0.913 bits per heavy atom. The number of nitrogens with two attached hydrogens (primary N) is 1. The zero-order chi connectivity index (χ0) is 16.2. The van der Waals surface area contributed by atoms with Gasteiger partial charge in [-0.2, -0.15) is 9.97 Å². The van der Waals surface area contributed by atoms with Crippen molar-refractivity contribution in [1.82, 2.24) is 15.0 Å². The average molecular weight is 308 g/mol. The van der Waals surface area contributed by atoms with Gasteiger partial charge in [0.15, 0.2) is 11.6 Å². The predicted molar refractivity (Wildman–Crippen MR) is 86.7 cm³/mol. The molecule has 0 fully saturated rings. The normalized spacial score (nSPS) is 11.0. The molecule has 0 saturated heterocycles. The van der Waals surface area contributed by atoms with Crippen molar-refractivity contribution < 1.29 is 9.50 Å². The van der Waals surface area contributed by atoms with E-state index >= 15 is 0 Å². The van der Waals surface area contributed by atoms with Gasteiger partial charge in [-0.1, -0.05) is 30.3 Å². The molecule has 0 aliphatic carbocycles. The van der Waals surface area contributed by atoms with Crippen molar-refractivity contribution in [3.8, 4) is 17.1 Å². The zero-order valence-electron chi connectivity index (χ0n) is 12.0. The molecule has 6 heteroatoms. The number of hydrogen-bond donors (Lipinski definition) is 2. The van der Waals surface area contributed by atoms with Crippen molar-refractivity contribution in [3.63, 3.8) is 0 Å². The zero-order valence-corrected chi connectivity index (χ0v) is 12.0. The number of halogens is 1. The Labute approximate surface area is 132 Å². The summed E-state index contributed by atoms with van der Waals surface area (Å²) >= 11 is 0. The molecule has 0 unspecified atom stereocenters. The van der Waals surface area contributed by atoms with E-state index in [0.717, 1.165) is 5.56 Å². The Kier molecular flexibility index (Phi) is 3.97. The molecule has 2 aromatic carbocycles. The molecule has 0 amide bonds. The summed E-state index contributed by atoms with van der Waals surface area (Å²) in [6, 6.07) is 12.7. The van der Waals surface area contributed by atoms with Crippen LogP contribution in [-0.2, 0) is 0 Å². The van der Waals surface area contributed by atoms with Crippen molar-refractivity contribution in [2.45, 2.75) is 0 Å². The Morgan fingerprint density at radius 2 is 1.65 bits per heavy atom. The smallest absolute Gasteiger partial charge is 0.224 e. The number of aromatic hydroxyl groups is 1. The van der Waals surface area contributed by atoms with Gasteiger partial charge in [0.05, 0.1) is 5.56 Å². The second-order valence-electron chi connectivity index (χ2n) is 4.78. The van der Waals surface area contributed by atoms with Gasteiger partial charge in [-0.3, -0.25) is 0 Å². The lowest BCUT2D eigenvalue weighted by Crippen LogP contribution is -2.02. The summed E-state index contributed by atoms with van der Waals surface area (Å²) in [5.41, 5.74) is 6.98. The number of aromatic nitrogens is 3. The lowest BCUT2D eigenvalue weighted by atomic mass is 10.2. The van der Waals surface area contributed by atoms with Gasteiger partial charge < -0.3 is 10.8 Å². The topological polar surface area (TPSA) is 84.9 Å². The third-order valence-electron chi connectivity index (χ3n) is 3.11. The van der Waals surface area contributed by atoms with Crippen LogP contribution >= 0.6 is 0 Å². The number of phenolic OH excluding ortho intramolecular Hbond substituents is 1. The molecular formula is C17H13FN4O. The average Bonchev–Trinajstić information content (AvgIpc) is 2.54. The Balaban J connectivity index is 1.95. The summed E-state index contributed by atoms with van der Waals surface area (Å²) in [5, 5.41) is 9.88. The summed E-state index contributed by atoms with van der Waals surface area (Å²) < 4.78 is 12.9. The highest BCUT2D eigenvalue weighted by Crippen LogP contribution is 2.26. The monoisotopic (exact) mass is 308 g/mol. The van der Waals surface area contributed by atoms with E-state index in [1.54, 1.807) is 48.6 Å². The molecule has 0 radical (unpaired) electrons. The van der Waals surface area contributed by atoms with Crippen molar-refractivity contribution in [1.29, 1.82) is 0 Å².